The first-order valence-electron chi connectivity index (χ1n) is 5.34. The maximum atomic E-state index is 4.92. The SMILES string of the molecule is COc1ncc2nc(-c3ccccc3)nnc2n1. The average molecular weight is 239 g/mol. The van der Waals surface area contributed by atoms with Gasteiger partial charge in [0.1, 0.15) is 5.52 Å². The highest BCUT2D eigenvalue weighted by atomic mass is 16.5. The number of benzene rings is 1. The Labute approximate surface area is 103 Å². The number of fused-ring (bicyclic) bond motifs is 1. The van der Waals surface area contributed by atoms with Crippen LogP contribution in [0.4, 0.5) is 0 Å². The van der Waals surface area contributed by atoms with Crippen molar-refractivity contribution in [1.29, 1.82) is 0 Å². The van der Waals surface area contributed by atoms with Gasteiger partial charge in [-0.1, -0.05) is 30.3 Å². The van der Waals surface area contributed by atoms with Crippen LogP contribution in [-0.2, 0) is 0 Å². The molecular weight excluding hydrogens is 230 g/mol. The summed E-state index contributed by atoms with van der Waals surface area (Å²) < 4.78 is 4.92. The number of rotatable bonds is 2. The predicted molar refractivity (Wildman–Crippen MR) is 64.9 cm³/mol. The summed E-state index contributed by atoms with van der Waals surface area (Å²) in [5, 5.41) is 8.07. The Bertz CT molecular complexity index is 686. The molecule has 2 heterocycles. The van der Waals surface area contributed by atoms with E-state index in [1.165, 1.54) is 7.11 Å². The molecule has 0 aliphatic rings. The third-order valence-corrected chi connectivity index (χ3v) is 2.41. The van der Waals surface area contributed by atoms with E-state index in [9.17, 15) is 0 Å². The molecule has 6 nitrogen and oxygen atoms in total. The van der Waals surface area contributed by atoms with Crippen LogP contribution < -0.4 is 4.74 Å². The first-order chi connectivity index (χ1) is 8.86. The van der Waals surface area contributed by atoms with Crippen molar-refractivity contribution in [3.63, 3.8) is 0 Å². The van der Waals surface area contributed by atoms with Crippen molar-refractivity contribution in [3.05, 3.63) is 36.5 Å². The second-order valence-electron chi connectivity index (χ2n) is 3.57. The molecule has 0 spiro atoms. The summed E-state index contributed by atoms with van der Waals surface area (Å²) in [6.07, 6.45) is 1.57. The highest BCUT2D eigenvalue weighted by molar-refractivity contribution is 5.70. The second kappa shape index (κ2) is 4.33. The Morgan fingerprint density at radius 1 is 1.00 bits per heavy atom. The fourth-order valence-electron chi connectivity index (χ4n) is 1.54. The molecule has 0 aliphatic heterocycles. The van der Waals surface area contributed by atoms with Crippen molar-refractivity contribution >= 4 is 11.2 Å². The Morgan fingerprint density at radius 2 is 1.83 bits per heavy atom. The maximum Gasteiger partial charge on any atom is 0.318 e. The van der Waals surface area contributed by atoms with Gasteiger partial charge in [0.2, 0.25) is 5.65 Å². The van der Waals surface area contributed by atoms with Crippen molar-refractivity contribution in [2.24, 2.45) is 0 Å². The number of nitrogens with zero attached hydrogens (tertiary/aromatic N) is 5. The molecule has 0 radical (unpaired) electrons. The Balaban J connectivity index is 2.12. The van der Waals surface area contributed by atoms with Gasteiger partial charge < -0.3 is 4.74 Å². The van der Waals surface area contributed by atoms with Crippen molar-refractivity contribution < 1.29 is 4.74 Å². The molecule has 0 saturated carbocycles. The second-order valence-corrected chi connectivity index (χ2v) is 3.57. The van der Waals surface area contributed by atoms with Crippen LogP contribution in [0.25, 0.3) is 22.6 Å². The van der Waals surface area contributed by atoms with Crippen LogP contribution in [0.2, 0.25) is 0 Å². The lowest BCUT2D eigenvalue weighted by Crippen LogP contribution is -1.99. The average Bonchev–Trinajstić information content (AvgIpc) is 2.47. The van der Waals surface area contributed by atoms with E-state index in [2.05, 4.69) is 25.1 Å². The monoisotopic (exact) mass is 239 g/mol. The zero-order valence-electron chi connectivity index (χ0n) is 9.61. The molecule has 0 unspecified atom stereocenters. The molecule has 3 rings (SSSR count). The fourth-order valence-corrected chi connectivity index (χ4v) is 1.54. The summed E-state index contributed by atoms with van der Waals surface area (Å²) in [5.74, 6) is 0.553. The Morgan fingerprint density at radius 3 is 2.61 bits per heavy atom. The summed E-state index contributed by atoms with van der Waals surface area (Å²) in [7, 11) is 1.50. The molecule has 88 valence electrons. The zero-order valence-corrected chi connectivity index (χ0v) is 9.61. The van der Waals surface area contributed by atoms with Crippen LogP contribution in [0.15, 0.2) is 36.5 Å². The lowest BCUT2D eigenvalue weighted by Gasteiger charge is -2.01. The lowest BCUT2D eigenvalue weighted by atomic mass is 10.2. The van der Waals surface area contributed by atoms with Crippen LogP contribution in [0, 0.1) is 0 Å². The summed E-state index contributed by atoms with van der Waals surface area (Å²) in [4.78, 5) is 12.4. The predicted octanol–water partition coefficient (Wildman–Crippen LogP) is 1.49. The molecule has 1 aromatic carbocycles. The lowest BCUT2D eigenvalue weighted by molar-refractivity contribution is 0.381. The molecule has 6 heteroatoms. The number of ether oxygens (including phenoxy) is 1. The van der Waals surface area contributed by atoms with Gasteiger partial charge in [-0.3, -0.25) is 0 Å². The van der Waals surface area contributed by atoms with Gasteiger partial charge in [0, 0.05) is 5.56 Å². The Hall–Kier alpha value is -2.63. The minimum absolute atomic E-state index is 0.256. The molecule has 0 fully saturated rings. The minimum Gasteiger partial charge on any atom is -0.467 e. The molecule has 0 N–H and O–H groups in total. The molecule has 0 bridgehead atoms. The van der Waals surface area contributed by atoms with Crippen LogP contribution in [0.1, 0.15) is 0 Å². The van der Waals surface area contributed by atoms with Crippen LogP contribution in [-0.4, -0.2) is 32.3 Å². The largest absolute Gasteiger partial charge is 0.467 e. The smallest absolute Gasteiger partial charge is 0.318 e. The normalized spacial score (nSPS) is 10.5. The van der Waals surface area contributed by atoms with E-state index < -0.39 is 0 Å². The summed E-state index contributed by atoms with van der Waals surface area (Å²) in [5.41, 5.74) is 1.91. The molecule has 18 heavy (non-hydrogen) atoms. The molecule has 3 aromatic rings. The number of hydrogen-bond donors (Lipinski definition) is 0. The van der Waals surface area contributed by atoms with Gasteiger partial charge >= 0.3 is 6.01 Å². The van der Waals surface area contributed by atoms with Gasteiger partial charge in [-0.15, -0.1) is 10.2 Å². The van der Waals surface area contributed by atoms with Gasteiger partial charge in [0.15, 0.2) is 5.82 Å². The van der Waals surface area contributed by atoms with Gasteiger partial charge in [0.05, 0.1) is 13.3 Å². The summed E-state index contributed by atoms with van der Waals surface area (Å²) >= 11 is 0. The molecule has 0 saturated heterocycles. The van der Waals surface area contributed by atoms with Gasteiger partial charge in [-0.25, -0.2) is 9.97 Å². The molecule has 2 aromatic heterocycles. The van der Waals surface area contributed by atoms with Crippen molar-refractivity contribution in [2.45, 2.75) is 0 Å². The summed E-state index contributed by atoms with van der Waals surface area (Å²) in [6.45, 7) is 0. The van der Waals surface area contributed by atoms with E-state index in [4.69, 9.17) is 4.74 Å². The van der Waals surface area contributed by atoms with E-state index in [-0.39, 0.29) is 6.01 Å². The zero-order chi connectivity index (χ0) is 12.4. The molecule has 0 aliphatic carbocycles. The van der Waals surface area contributed by atoms with E-state index >= 15 is 0 Å². The van der Waals surface area contributed by atoms with Gasteiger partial charge in [-0.05, 0) is 0 Å². The molecular formula is C12H9N5O. The third kappa shape index (κ3) is 1.84. The van der Waals surface area contributed by atoms with E-state index in [1.807, 2.05) is 30.3 Å². The van der Waals surface area contributed by atoms with Crippen molar-refractivity contribution in [2.75, 3.05) is 7.11 Å². The minimum atomic E-state index is 0.256. The van der Waals surface area contributed by atoms with E-state index in [0.717, 1.165) is 5.56 Å². The third-order valence-electron chi connectivity index (χ3n) is 2.41. The highest BCUT2D eigenvalue weighted by Gasteiger charge is 2.06. The van der Waals surface area contributed by atoms with Crippen LogP contribution >= 0.6 is 0 Å². The molecule has 0 atom stereocenters. The van der Waals surface area contributed by atoms with Gasteiger partial charge in [-0.2, -0.15) is 4.98 Å². The highest BCUT2D eigenvalue weighted by Crippen LogP contribution is 2.15. The van der Waals surface area contributed by atoms with Crippen LogP contribution in [0.5, 0.6) is 6.01 Å². The molecule has 0 amide bonds. The maximum absolute atomic E-state index is 4.92. The fraction of sp³-hybridized carbons (Fsp3) is 0.0833. The summed E-state index contributed by atoms with van der Waals surface area (Å²) in [6, 6.07) is 9.89. The van der Waals surface area contributed by atoms with E-state index in [0.29, 0.717) is 17.0 Å². The van der Waals surface area contributed by atoms with E-state index in [1.54, 1.807) is 6.20 Å². The van der Waals surface area contributed by atoms with Crippen molar-refractivity contribution in [1.82, 2.24) is 25.1 Å². The number of methoxy groups -OCH3 is 1. The Kier molecular flexibility index (Phi) is 2.53. The van der Waals surface area contributed by atoms with Gasteiger partial charge in [0.25, 0.3) is 0 Å². The first kappa shape index (κ1) is 10.5. The number of hydrogen-bond acceptors (Lipinski definition) is 6. The number of aromatic nitrogens is 5. The quantitative estimate of drug-likeness (QED) is 0.674. The van der Waals surface area contributed by atoms with Crippen LogP contribution in [0.3, 0.4) is 0 Å². The topological polar surface area (TPSA) is 73.7 Å². The first-order valence-corrected chi connectivity index (χ1v) is 5.34. The van der Waals surface area contributed by atoms with Crippen molar-refractivity contribution in [3.8, 4) is 17.4 Å². The standard InChI is InChI=1S/C12H9N5O/c1-18-12-13-7-9-11(15-12)17-16-10(14-9)8-5-3-2-4-6-8/h2-7H,1H3.